The molecule has 0 aliphatic carbocycles. The fraction of sp³-hybridized carbons (Fsp3) is 0.333. The number of allylic oxidation sites excluding steroid dienone is 1. The van der Waals surface area contributed by atoms with Crippen LogP contribution in [0, 0.1) is 5.92 Å². The normalized spacial score (nSPS) is 13.4. The molecule has 1 unspecified atom stereocenters. The Morgan fingerprint density at radius 2 is 2.00 bits per heavy atom. The van der Waals surface area contributed by atoms with Crippen molar-refractivity contribution in [2.75, 3.05) is 6.61 Å². The quantitative estimate of drug-likeness (QED) is 0.747. The van der Waals surface area contributed by atoms with Gasteiger partial charge in [0.1, 0.15) is 0 Å². The average molecular weight is 176 g/mol. The van der Waals surface area contributed by atoms with Gasteiger partial charge in [-0.3, -0.25) is 0 Å². The van der Waals surface area contributed by atoms with Gasteiger partial charge in [-0.25, -0.2) is 0 Å². The molecular formula is C12H16O. The summed E-state index contributed by atoms with van der Waals surface area (Å²) in [5.74, 6) is 0.361. The van der Waals surface area contributed by atoms with Gasteiger partial charge in [-0.05, 0) is 17.9 Å². The van der Waals surface area contributed by atoms with Crippen LogP contribution in [0.2, 0.25) is 0 Å². The lowest BCUT2D eigenvalue weighted by Gasteiger charge is -2.01. The SMILES string of the molecule is CC(CO)C/C=C/c1ccccc1. The summed E-state index contributed by atoms with van der Waals surface area (Å²) >= 11 is 0. The van der Waals surface area contributed by atoms with Gasteiger partial charge in [-0.15, -0.1) is 0 Å². The van der Waals surface area contributed by atoms with Crippen molar-refractivity contribution >= 4 is 6.08 Å². The molecule has 0 fully saturated rings. The maximum Gasteiger partial charge on any atom is 0.0459 e. The van der Waals surface area contributed by atoms with Crippen LogP contribution in [-0.4, -0.2) is 11.7 Å². The number of rotatable bonds is 4. The highest BCUT2D eigenvalue weighted by Gasteiger charge is 1.94. The van der Waals surface area contributed by atoms with Gasteiger partial charge in [0, 0.05) is 6.61 Å². The minimum Gasteiger partial charge on any atom is -0.396 e. The standard InChI is InChI=1S/C12H16O/c1-11(10-13)6-5-9-12-7-3-2-4-8-12/h2-5,7-9,11,13H,6,10H2,1H3/b9-5+. The molecule has 0 heterocycles. The van der Waals surface area contributed by atoms with Crippen molar-refractivity contribution in [3.8, 4) is 0 Å². The van der Waals surface area contributed by atoms with E-state index in [-0.39, 0.29) is 6.61 Å². The summed E-state index contributed by atoms with van der Waals surface area (Å²) in [5, 5.41) is 8.80. The summed E-state index contributed by atoms with van der Waals surface area (Å²) in [6.45, 7) is 2.30. The number of aliphatic hydroxyl groups excluding tert-OH is 1. The van der Waals surface area contributed by atoms with Crippen LogP contribution in [-0.2, 0) is 0 Å². The molecule has 1 heteroatoms. The van der Waals surface area contributed by atoms with Crippen LogP contribution in [0.3, 0.4) is 0 Å². The largest absolute Gasteiger partial charge is 0.396 e. The Hall–Kier alpha value is -1.08. The third-order valence-corrected chi connectivity index (χ3v) is 1.96. The maximum absolute atomic E-state index is 8.80. The molecule has 1 nitrogen and oxygen atoms in total. The van der Waals surface area contributed by atoms with Crippen LogP contribution < -0.4 is 0 Å². The first-order valence-corrected chi connectivity index (χ1v) is 4.65. The van der Waals surface area contributed by atoms with Gasteiger partial charge in [0.05, 0.1) is 0 Å². The van der Waals surface area contributed by atoms with Gasteiger partial charge in [0.15, 0.2) is 0 Å². The Kier molecular flexibility index (Phi) is 4.27. The van der Waals surface area contributed by atoms with Crippen LogP contribution >= 0.6 is 0 Å². The summed E-state index contributed by atoms with van der Waals surface area (Å²) in [6.07, 6.45) is 5.13. The Labute approximate surface area is 79.7 Å². The minimum absolute atomic E-state index is 0.263. The first kappa shape index (κ1) is 10.0. The second-order valence-electron chi connectivity index (χ2n) is 3.34. The summed E-state index contributed by atoms with van der Waals surface area (Å²) in [7, 11) is 0. The van der Waals surface area contributed by atoms with Crippen LogP contribution in [0.25, 0.3) is 6.08 Å². The Morgan fingerprint density at radius 1 is 1.31 bits per heavy atom. The molecule has 1 aromatic rings. The van der Waals surface area contributed by atoms with Gasteiger partial charge in [-0.2, -0.15) is 0 Å². The Morgan fingerprint density at radius 3 is 2.62 bits per heavy atom. The summed E-state index contributed by atoms with van der Waals surface area (Å²) in [6, 6.07) is 10.2. The van der Waals surface area contributed by atoms with Crippen LogP contribution in [0.5, 0.6) is 0 Å². The lowest BCUT2D eigenvalue weighted by molar-refractivity contribution is 0.239. The molecule has 1 rings (SSSR count). The van der Waals surface area contributed by atoms with E-state index in [0.29, 0.717) is 5.92 Å². The van der Waals surface area contributed by atoms with Crippen molar-refractivity contribution in [2.24, 2.45) is 5.92 Å². The van der Waals surface area contributed by atoms with E-state index >= 15 is 0 Å². The van der Waals surface area contributed by atoms with Crippen LogP contribution in [0.1, 0.15) is 18.9 Å². The second kappa shape index (κ2) is 5.55. The average Bonchev–Trinajstić information content (AvgIpc) is 2.19. The highest BCUT2D eigenvalue weighted by atomic mass is 16.3. The molecule has 0 spiro atoms. The predicted molar refractivity (Wildman–Crippen MR) is 56.3 cm³/mol. The predicted octanol–water partition coefficient (Wildman–Crippen LogP) is 2.72. The summed E-state index contributed by atoms with van der Waals surface area (Å²) < 4.78 is 0. The molecule has 0 aliphatic heterocycles. The summed E-state index contributed by atoms with van der Waals surface area (Å²) in [5.41, 5.74) is 1.22. The molecule has 0 aromatic heterocycles. The first-order valence-electron chi connectivity index (χ1n) is 4.65. The molecule has 0 bridgehead atoms. The number of benzene rings is 1. The second-order valence-corrected chi connectivity index (χ2v) is 3.34. The van der Waals surface area contributed by atoms with Gasteiger partial charge >= 0.3 is 0 Å². The van der Waals surface area contributed by atoms with E-state index in [1.165, 1.54) is 5.56 Å². The van der Waals surface area contributed by atoms with Gasteiger partial charge < -0.3 is 5.11 Å². The molecular weight excluding hydrogens is 160 g/mol. The molecule has 70 valence electrons. The van der Waals surface area contributed by atoms with Crippen LogP contribution in [0.4, 0.5) is 0 Å². The fourth-order valence-corrected chi connectivity index (χ4v) is 1.08. The Balaban J connectivity index is 2.41. The van der Waals surface area contributed by atoms with E-state index < -0.39 is 0 Å². The Bertz CT molecular complexity index is 251. The van der Waals surface area contributed by atoms with Crippen molar-refractivity contribution in [2.45, 2.75) is 13.3 Å². The van der Waals surface area contributed by atoms with Crippen molar-refractivity contribution in [1.82, 2.24) is 0 Å². The summed E-state index contributed by atoms with van der Waals surface area (Å²) in [4.78, 5) is 0. The van der Waals surface area contributed by atoms with Crippen molar-refractivity contribution in [3.63, 3.8) is 0 Å². The zero-order valence-electron chi connectivity index (χ0n) is 7.98. The molecule has 0 radical (unpaired) electrons. The van der Waals surface area contributed by atoms with Gasteiger partial charge in [-0.1, -0.05) is 49.4 Å². The molecule has 0 amide bonds. The van der Waals surface area contributed by atoms with Crippen molar-refractivity contribution < 1.29 is 5.11 Å². The van der Waals surface area contributed by atoms with Gasteiger partial charge in [0.2, 0.25) is 0 Å². The lowest BCUT2D eigenvalue weighted by atomic mass is 10.1. The molecule has 0 saturated carbocycles. The third kappa shape index (κ3) is 3.90. The minimum atomic E-state index is 0.263. The number of hydrogen-bond acceptors (Lipinski definition) is 1. The van der Waals surface area contributed by atoms with E-state index in [4.69, 9.17) is 5.11 Å². The zero-order chi connectivity index (χ0) is 9.52. The van der Waals surface area contributed by atoms with E-state index in [1.807, 2.05) is 25.1 Å². The molecule has 13 heavy (non-hydrogen) atoms. The van der Waals surface area contributed by atoms with Gasteiger partial charge in [0.25, 0.3) is 0 Å². The van der Waals surface area contributed by atoms with Crippen LogP contribution in [0.15, 0.2) is 36.4 Å². The number of hydrogen-bond donors (Lipinski definition) is 1. The van der Waals surface area contributed by atoms with E-state index in [1.54, 1.807) is 0 Å². The van der Waals surface area contributed by atoms with Crippen molar-refractivity contribution in [3.05, 3.63) is 42.0 Å². The fourth-order valence-electron chi connectivity index (χ4n) is 1.08. The lowest BCUT2D eigenvalue weighted by Crippen LogP contribution is -1.97. The molecule has 1 aromatic carbocycles. The maximum atomic E-state index is 8.80. The number of aliphatic hydroxyl groups is 1. The van der Waals surface area contributed by atoms with E-state index in [0.717, 1.165) is 6.42 Å². The highest BCUT2D eigenvalue weighted by molar-refractivity contribution is 5.48. The third-order valence-electron chi connectivity index (χ3n) is 1.96. The molecule has 1 N–H and O–H groups in total. The smallest absolute Gasteiger partial charge is 0.0459 e. The van der Waals surface area contributed by atoms with Crippen molar-refractivity contribution in [1.29, 1.82) is 0 Å². The topological polar surface area (TPSA) is 20.2 Å². The molecule has 1 atom stereocenters. The highest BCUT2D eigenvalue weighted by Crippen LogP contribution is 2.05. The monoisotopic (exact) mass is 176 g/mol. The molecule has 0 aliphatic rings. The first-order chi connectivity index (χ1) is 6.33. The van der Waals surface area contributed by atoms with E-state index in [2.05, 4.69) is 24.3 Å². The zero-order valence-corrected chi connectivity index (χ0v) is 7.98. The molecule has 0 saturated heterocycles. The van der Waals surface area contributed by atoms with E-state index in [9.17, 15) is 0 Å².